The molecule has 0 fully saturated rings. The Labute approximate surface area is 212 Å². The largest absolute Gasteiger partial charge is 0.479 e. The molecule has 0 aliphatic heterocycles. The second-order valence-electron chi connectivity index (χ2n) is 7.86. The Bertz CT molecular complexity index is 1380. The highest BCUT2D eigenvalue weighted by molar-refractivity contribution is 7.80. The van der Waals surface area contributed by atoms with E-state index in [-0.39, 0.29) is 5.11 Å². The van der Waals surface area contributed by atoms with Crippen molar-refractivity contribution < 1.29 is 13.9 Å². The van der Waals surface area contributed by atoms with Gasteiger partial charge in [-0.05, 0) is 81.5 Å². The molecule has 4 rings (SSSR count). The lowest BCUT2D eigenvalue weighted by molar-refractivity contribution is -0.125. The van der Waals surface area contributed by atoms with E-state index in [0.717, 1.165) is 16.7 Å². The molecule has 0 aliphatic carbocycles. The van der Waals surface area contributed by atoms with Gasteiger partial charge in [-0.3, -0.25) is 10.1 Å². The number of nitrogens with zero attached hydrogens (tertiary/aromatic N) is 1. The maximum Gasteiger partial charge on any atom is 0.266 e. The second-order valence-corrected chi connectivity index (χ2v) is 9.11. The van der Waals surface area contributed by atoms with Gasteiger partial charge in [0.05, 0.1) is 5.02 Å². The van der Waals surface area contributed by atoms with Crippen LogP contribution in [0.1, 0.15) is 18.1 Å². The first-order chi connectivity index (χ1) is 16.2. The minimum atomic E-state index is -0.836. The van der Waals surface area contributed by atoms with Crippen LogP contribution in [0.4, 0.5) is 5.69 Å². The van der Waals surface area contributed by atoms with E-state index in [9.17, 15) is 4.79 Å². The normalized spacial score (nSPS) is 11.8. The van der Waals surface area contributed by atoms with Crippen molar-refractivity contribution >= 4 is 63.2 Å². The van der Waals surface area contributed by atoms with Crippen molar-refractivity contribution in [3.8, 4) is 17.2 Å². The molecular formula is C25H21Cl2N3O3S. The number of amides is 1. The molecule has 1 unspecified atom stereocenters. The average Bonchev–Trinajstić information content (AvgIpc) is 3.18. The quantitative estimate of drug-likeness (QED) is 0.289. The van der Waals surface area contributed by atoms with E-state index in [1.54, 1.807) is 43.3 Å². The Hall–Kier alpha value is -3.13. The number of carbonyl (C=O) groups is 1. The molecule has 1 atom stereocenters. The molecule has 4 aromatic rings. The van der Waals surface area contributed by atoms with Crippen LogP contribution in [0.5, 0.6) is 5.75 Å². The van der Waals surface area contributed by atoms with Crippen molar-refractivity contribution in [3.05, 3.63) is 75.8 Å². The van der Waals surface area contributed by atoms with Gasteiger partial charge < -0.3 is 14.5 Å². The van der Waals surface area contributed by atoms with E-state index in [0.29, 0.717) is 38.5 Å². The summed E-state index contributed by atoms with van der Waals surface area (Å²) in [5.74, 6) is 0.466. The summed E-state index contributed by atoms with van der Waals surface area (Å²) in [5, 5.41) is 6.52. The molecule has 0 aliphatic rings. The van der Waals surface area contributed by atoms with E-state index >= 15 is 0 Å². The number of ether oxygens (including phenoxy) is 1. The highest BCUT2D eigenvalue weighted by Crippen LogP contribution is 2.29. The minimum absolute atomic E-state index is 0.125. The molecule has 34 heavy (non-hydrogen) atoms. The number of aryl methyl sites for hydroxylation is 2. The molecular weight excluding hydrogens is 493 g/mol. The third-order valence-electron chi connectivity index (χ3n) is 4.92. The van der Waals surface area contributed by atoms with Gasteiger partial charge in [-0.15, -0.1) is 0 Å². The number of hydrogen-bond donors (Lipinski definition) is 2. The predicted octanol–water partition coefficient (Wildman–Crippen LogP) is 6.70. The molecule has 1 heterocycles. The predicted molar refractivity (Wildman–Crippen MR) is 140 cm³/mol. The fourth-order valence-electron chi connectivity index (χ4n) is 3.42. The minimum Gasteiger partial charge on any atom is -0.479 e. The number of fused-ring (bicyclic) bond motifs is 1. The molecule has 0 saturated carbocycles. The zero-order valence-electron chi connectivity index (χ0n) is 18.6. The summed E-state index contributed by atoms with van der Waals surface area (Å²) < 4.78 is 11.5. The molecule has 6 nitrogen and oxygen atoms in total. The smallest absolute Gasteiger partial charge is 0.266 e. The van der Waals surface area contributed by atoms with Crippen molar-refractivity contribution in [1.29, 1.82) is 0 Å². The summed E-state index contributed by atoms with van der Waals surface area (Å²) in [6, 6.07) is 16.3. The van der Waals surface area contributed by atoms with Gasteiger partial charge in [0.1, 0.15) is 11.3 Å². The summed E-state index contributed by atoms with van der Waals surface area (Å²) in [4.78, 5) is 17.1. The third-order valence-corrected chi connectivity index (χ3v) is 5.65. The maximum absolute atomic E-state index is 12.5. The van der Waals surface area contributed by atoms with Crippen molar-refractivity contribution in [2.24, 2.45) is 0 Å². The summed E-state index contributed by atoms with van der Waals surface area (Å²) in [6.07, 6.45) is -0.836. The number of benzene rings is 3. The van der Waals surface area contributed by atoms with E-state index in [1.165, 1.54) is 0 Å². The van der Waals surface area contributed by atoms with Crippen LogP contribution in [0.2, 0.25) is 10.0 Å². The summed E-state index contributed by atoms with van der Waals surface area (Å²) in [5.41, 5.74) is 5.17. The number of anilines is 1. The number of rotatable bonds is 5. The lowest BCUT2D eigenvalue weighted by Crippen LogP contribution is -2.42. The molecule has 1 amide bonds. The maximum atomic E-state index is 12.5. The van der Waals surface area contributed by atoms with Crippen LogP contribution in [0.25, 0.3) is 22.6 Å². The molecule has 0 spiro atoms. The molecule has 0 bridgehead atoms. The van der Waals surface area contributed by atoms with Gasteiger partial charge >= 0.3 is 0 Å². The highest BCUT2D eigenvalue weighted by Gasteiger charge is 2.18. The Morgan fingerprint density at radius 2 is 1.79 bits per heavy atom. The van der Waals surface area contributed by atoms with E-state index in [1.807, 2.05) is 26.0 Å². The Balaban J connectivity index is 1.41. The van der Waals surface area contributed by atoms with Crippen molar-refractivity contribution in [1.82, 2.24) is 10.3 Å². The van der Waals surface area contributed by atoms with Crippen LogP contribution in [0, 0.1) is 13.8 Å². The highest BCUT2D eigenvalue weighted by atomic mass is 35.5. The van der Waals surface area contributed by atoms with E-state index < -0.39 is 12.0 Å². The summed E-state index contributed by atoms with van der Waals surface area (Å²) >= 11 is 17.3. The molecule has 0 radical (unpaired) electrons. The number of aromatic nitrogens is 1. The number of nitrogens with one attached hydrogen (secondary N) is 2. The number of halogens is 2. The van der Waals surface area contributed by atoms with Crippen molar-refractivity contribution in [2.45, 2.75) is 26.9 Å². The van der Waals surface area contributed by atoms with Crippen LogP contribution in [0.15, 0.2) is 59.0 Å². The SMILES string of the molecule is Cc1cc(C)cc(-c2nc3cc(NC(=S)NC(=O)C(C)Oc4ccc(Cl)cc4Cl)ccc3o2)c1. The van der Waals surface area contributed by atoms with Crippen molar-refractivity contribution in [3.63, 3.8) is 0 Å². The number of hydrogen-bond acceptors (Lipinski definition) is 5. The van der Waals surface area contributed by atoms with Gasteiger partial charge in [-0.1, -0.05) is 40.4 Å². The van der Waals surface area contributed by atoms with Gasteiger partial charge in [-0.2, -0.15) is 0 Å². The van der Waals surface area contributed by atoms with E-state index in [2.05, 4.69) is 21.7 Å². The van der Waals surface area contributed by atoms with Gasteiger partial charge in [0.25, 0.3) is 5.91 Å². The van der Waals surface area contributed by atoms with E-state index in [4.69, 9.17) is 44.6 Å². The molecule has 9 heteroatoms. The zero-order chi connectivity index (χ0) is 24.4. The number of thiocarbonyl (C=S) groups is 1. The van der Waals surface area contributed by atoms with Crippen LogP contribution < -0.4 is 15.4 Å². The second kappa shape index (κ2) is 10.0. The zero-order valence-corrected chi connectivity index (χ0v) is 20.9. The molecule has 174 valence electrons. The van der Waals surface area contributed by atoms with Crippen LogP contribution in [-0.4, -0.2) is 22.1 Å². The Morgan fingerprint density at radius 1 is 1.06 bits per heavy atom. The molecule has 3 aromatic carbocycles. The summed E-state index contributed by atoms with van der Waals surface area (Å²) in [6.45, 7) is 5.66. The molecule has 2 N–H and O–H groups in total. The van der Waals surface area contributed by atoms with Gasteiger partial charge in [0, 0.05) is 16.3 Å². The molecule has 1 aromatic heterocycles. The van der Waals surface area contributed by atoms with Gasteiger partial charge in [0.2, 0.25) is 5.89 Å². The molecule has 0 saturated heterocycles. The average molecular weight is 514 g/mol. The Morgan fingerprint density at radius 3 is 2.50 bits per heavy atom. The first-order valence-corrected chi connectivity index (χ1v) is 11.6. The monoisotopic (exact) mass is 513 g/mol. The van der Waals surface area contributed by atoms with Crippen LogP contribution in [-0.2, 0) is 4.79 Å². The van der Waals surface area contributed by atoms with Gasteiger partial charge in [0.15, 0.2) is 16.8 Å². The number of oxazole rings is 1. The first kappa shape index (κ1) is 24.0. The van der Waals surface area contributed by atoms with Gasteiger partial charge in [-0.25, -0.2) is 4.98 Å². The fraction of sp³-hybridized carbons (Fsp3) is 0.160. The van der Waals surface area contributed by atoms with Crippen molar-refractivity contribution in [2.75, 3.05) is 5.32 Å². The van der Waals surface area contributed by atoms with Crippen LogP contribution in [0.3, 0.4) is 0 Å². The topological polar surface area (TPSA) is 76.4 Å². The number of carbonyl (C=O) groups excluding carboxylic acids is 1. The fourth-order valence-corrected chi connectivity index (χ4v) is 4.09. The summed E-state index contributed by atoms with van der Waals surface area (Å²) in [7, 11) is 0. The van der Waals surface area contributed by atoms with Crippen LogP contribution >= 0.6 is 35.4 Å². The lowest BCUT2D eigenvalue weighted by Gasteiger charge is -2.16. The lowest BCUT2D eigenvalue weighted by atomic mass is 10.1. The Kier molecular flexibility index (Phi) is 7.07. The third kappa shape index (κ3) is 5.67. The first-order valence-electron chi connectivity index (χ1n) is 10.4. The standard InChI is InChI=1S/C25H21Cl2N3O3S/c1-13-8-14(2)10-16(9-13)24-29-20-12-18(5-7-22(20)33-24)28-25(34)30-23(31)15(3)32-21-6-4-17(26)11-19(21)27/h4-12,15H,1-3H3,(H2,28,30,31,34).